The van der Waals surface area contributed by atoms with E-state index in [1.165, 1.54) is 108 Å². The zero-order valence-corrected chi connectivity index (χ0v) is 20.2. The van der Waals surface area contributed by atoms with E-state index in [4.69, 9.17) is 5.26 Å². The lowest BCUT2D eigenvalue weighted by Crippen LogP contribution is -2.26. The molecule has 1 nitrogen and oxygen atoms in total. The van der Waals surface area contributed by atoms with Gasteiger partial charge in [-0.1, -0.05) is 77.6 Å². The third-order valence-corrected chi connectivity index (χ3v) is 8.47. The second-order valence-corrected chi connectivity index (χ2v) is 10.7. The van der Waals surface area contributed by atoms with Crippen LogP contribution in [0.1, 0.15) is 121 Å². The standard InChI is InChI=1S/C29H43F2N/c1-2-3-4-5-6-7-8-22-11-15-25(16-12-22)26-17-13-23(14-18-26)9-10-24-19-28(30)27(21-32)29(31)20-24/h19-20,22-23,25-26H,2-18H2,1H3. The maximum atomic E-state index is 13.8. The van der Waals surface area contributed by atoms with Gasteiger partial charge in [0.1, 0.15) is 23.3 Å². The third kappa shape index (κ3) is 7.57. The predicted molar refractivity (Wildman–Crippen MR) is 128 cm³/mol. The molecule has 178 valence electrons. The van der Waals surface area contributed by atoms with Gasteiger partial charge in [-0.25, -0.2) is 8.78 Å². The minimum Gasteiger partial charge on any atom is -0.205 e. The number of aryl methyl sites for hydroxylation is 1. The molecule has 0 aliphatic heterocycles. The summed E-state index contributed by atoms with van der Waals surface area (Å²) in [6.07, 6.45) is 22.7. The van der Waals surface area contributed by atoms with Crippen LogP contribution >= 0.6 is 0 Å². The Hall–Kier alpha value is -1.43. The van der Waals surface area contributed by atoms with Gasteiger partial charge in [-0.3, -0.25) is 0 Å². The van der Waals surface area contributed by atoms with Crippen LogP contribution in [0.3, 0.4) is 0 Å². The first-order chi connectivity index (χ1) is 15.6. The highest BCUT2D eigenvalue weighted by Gasteiger charge is 2.30. The maximum Gasteiger partial charge on any atom is 0.144 e. The monoisotopic (exact) mass is 443 g/mol. The first kappa shape index (κ1) is 25.2. The fourth-order valence-electron chi connectivity index (χ4n) is 6.36. The summed E-state index contributed by atoms with van der Waals surface area (Å²) in [5.41, 5.74) is 0.223. The van der Waals surface area contributed by atoms with Crippen molar-refractivity contribution in [2.75, 3.05) is 0 Å². The molecule has 0 amide bonds. The van der Waals surface area contributed by atoms with Crippen LogP contribution in [0.15, 0.2) is 12.1 Å². The molecule has 1 aromatic carbocycles. The van der Waals surface area contributed by atoms with E-state index in [0.717, 1.165) is 24.2 Å². The van der Waals surface area contributed by atoms with Crippen molar-refractivity contribution >= 4 is 0 Å². The molecule has 0 N–H and O–H groups in total. The molecule has 32 heavy (non-hydrogen) atoms. The molecule has 0 aromatic heterocycles. The number of benzene rings is 1. The van der Waals surface area contributed by atoms with Crippen LogP contribution in [0.4, 0.5) is 8.78 Å². The number of hydrogen-bond donors (Lipinski definition) is 0. The minimum atomic E-state index is -0.724. The van der Waals surface area contributed by atoms with Crippen LogP contribution in [-0.4, -0.2) is 0 Å². The van der Waals surface area contributed by atoms with Gasteiger partial charge in [0.25, 0.3) is 0 Å². The Morgan fingerprint density at radius 1 is 0.750 bits per heavy atom. The van der Waals surface area contributed by atoms with E-state index in [1.54, 1.807) is 6.07 Å². The van der Waals surface area contributed by atoms with Crippen molar-refractivity contribution in [2.45, 2.75) is 116 Å². The van der Waals surface area contributed by atoms with Gasteiger partial charge in [-0.2, -0.15) is 5.26 Å². The van der Waals surface area contributed by atoms with E-state index < -0.39 is 17.2 Å². The van der Waals surface area contributed by atoms with Crippen molar-refractivity contribution in [1.29, 1.82) is 5.26 Å². The van der Waals surface area contributed by atoms with Crippen LogP contribution in [0.5, 0.6) is 0 Å². The lowest BCUT2D eigenvalue weighted by atomic mass is 9.68. The fraction of sp³-hybridized carbons (Fsp3) is 0.759. The molecule has 3 heteroatoms. The maximum absolute atomic E-state index is 13.8. The van der Waals surface area contributed by atoms with E-state index in [0.29, 0.717) is 17.9 Å². The van der Waals surface area contributed by atoms with Crippen LogP contribution in [0, 0.1) is 46.6 Å². The van der Waals surface area contributed by atoms with Crippen molar-refractivity contribution in [3.05, 3.63) is 34.9 Å². The highest BCUT2D eigenvalue weighted by Crippen LogP contribution is 2.43. The summed E-state index contributed by atoms with van der Waals surface area (Å²) in [6, 6.07) is 4.29. The number of unbranched alkanes of at least 4 members (excludes halogenated alkanes) is 5. The Kier molecular flexibility index (Phi) is 10.5. The van der Waals surface area contributed by atoms with Crippen molar-refractivity contribution in [2.24, 2.45) is 23.7 Å². The SMILES string of the molecule is CCCCCCCCC1CCC(C2CCC(CCc3cc(F)c(C#N)c(F)c3)CC2)CC1. The van der Waals surface area contributed by atoms with E-state index in [1.807, 2.05) is 0 Å². The average Bonchev–Trinajstić information content (AvgIpc) is 2.81. The first-order valence-corrected chi connectivity index (χ1v) is 13.5. The highest BCUT2D eigenvalue weighted by molar-refractivity contribution is 5.35. The number of hydrogen-bond acceptors (Lipinski definition) is 1. The van der Waals surface area contributed by atoms with E-state index in [9.17, 15) is 8.78 Å². The van der Waals surface area contributed by atoms with Gasteiger partial charge in [0.2, 0.25) is 0 Å². The van der Waals surface area contributed by atoms with Gasteiger partial charge < -0.3 is 0 Å². The molecule has 0 unspecified atom stereocenters. The Morgan fingerprint density at radius 3 is 1.78 bits per heavy atom. The van der Waals surface area contributed by atoms with Gasteiger partial charge in [0, 0.05) is 0 Å². The van der Waals surface area contributed by atoms with Crippen molar-refractivity contribution < 1.29 is 8.78 Å². The highest BCUT2D eigenvalue weighted by atomic mass is 19.1. The molecule has 0 spiro atoms. The molecule has 2 aliphatic rings. The molecule has 0 atom stereocenters. The zero-order chi connectivity index (χ0) is 22.8. The zero-order valence-electron chi connectivity index (χ0n) is 20.2. The van der Waals surface area contributed by atoms with Gasteiger partial charge >= 0.3 is 0 Å². The first-order valence-electron chi connectivity index (χ1n) is 13.5. The summed E-state index contributed by atoms with van der Waals surface area (Å²) in [5.74, 6) is 2.07. The van der Waals surface area contributed by atoms with Gasteiger partial charge in [0.15, 0.2) is 0 Å². The molecular weight excluding hydrogens is 400 g/mol. The van der Waals surface area contributed by atoms with Crippen molar-refractivity contribution in [3.8, 4) is 6.07 Å². The summed E-state index contributed by atoms with van der Waals surface area (Å²) in [7, 11) is 0. The Labute approximate surface area is 195 Å². The van der Waals surface area contributed by atoms with E-state index in [-0.39, 0.29) is 0 Å². The number of halogens is 2. The Bertz CT molecular complexity index is 698. The number of nitriles is 1. The fourth-order valence-corrected chi connectivity index (χ4v) is 6.36. The molecule has 0 bridgehead atoms. The van der Waals surface area contributed by atoms with Crippen LogP contribution in [0.2, 0.25) is 0 Å². The molecule has 0 heterocycles. The van der Waals surface area contributed by atoms with Gasteiger partial charge in [-0.15, -0.1) is 0 Å². The van der Waals surface area contributed by atoms with Crippen molar-refractivity contribution in [3.63, 3.8) is 0 Å². The third-order valence-electron chi connectivity index (χ3n) is 8.47. The van der Waals surface area contributed by atoms with Crippen LogP contribution < -0.4 is 0 Å². The largest absolute Gasteiger partial charge is 0.205 e. The van der Waals surface area contributed by atoms with Gasteiger partial charge in [0.05, 0.1) is 0 Å². The van der Waals surface area contributed by atoms with Gasteiger partial charge in [-0.05, 0) is 79.9 Å². The molecule has 3 rings (SSSR count). The summed E-state index contributed by atoms with van der Waals surface area (Å²) >= 11 is 0. The second-order valence-electron chi connectivity index (χ2n) is 10.7. The normalized spacial score (nSPS) is 26.1. The lowest BCUT2D eigenvalue weighted by Gasteiger charge is -2.38. The van der Waals surface area contributed by atoms with Crippen LogP contribution in [-0.2, 0) is 6.42 Å². The molecule has 2 aliphatic carbocycles. The quantitative estimate of drug-likeness (QED) is 0.313. The Balaban J connectivity index is 1.30. The topological polar surface area (TPSA) is 23.8 Å². The summed E-state index contributed by atoms with van der Waals surface area (Å²) < 4.78 is 27.7. The summed E-state index contributed by atoms with van der Waals surface area (Å²) in [4.78, 5) is 0. The van der Waals surface area contributed by atoms with E-state index in [2.05, 4.69) is 6.92 Å². The molecule has 2 fully saturated rings. The van der Waals surface area contributed by atoms with E-state index >= 15 is 0 Å². The van der Waals surface area contributed by atoms with Crippen molar-refractivity contribution in [1.82, 2.24) is 0 Å². The predicted octanol–water partition coefficient (Wildman–Crippen LogP) is 9.13. The number of nitrogens with zero attached hydrogens (tertiary/aromatic N) is 1. The minimum absolute atomic E-state index is 0.462. The molecule has 2 saturated carbocycles. The summed E-state index contributed by atoms with van der Waals surface area (Å²) in [5, 5.41) is 8.81. The second kappa shape index (κ2) is 13.3. The molecule has 1 aromatic rings. The molecular formula is C29H43F2N. The lowest BCUT2D eigenvalue weighted by molar-refractivity contribution is 0.140. The number of rotatable bonds is 11. The summed E-state index contributed by atoms with van der Waals surface area (Å²) in [6.45, 7) is 2.28. The smallest absolute Gasteiger partial charge is 0.144 e. The van der Waals surface area contributed by atoms with Crippen LogP contribution in [0.25, 0.3) is 0 Å². The Morgan fingerprint density at radius 2 is 1.25 bits per heavy atom. The molecule has 0 saturated heterocycles. The average molecular weight is 444 g/mol. The molecule has 0 radical (unpaired) electrons.